The Morgan fingerprint density at radius 1 is 0.941 bits per heavy atom. The summed E-state index contributed by atoms with van der Waals surface area (Å²) in [7, 11) is 3.64. The normalized spacial score (nSPS) is 11.7. The number of fused-ring (bicyclic) bond motifs is 1. The molecule has 5 aromatic rings. The van der Waals surface area contributed by atoms with Crippen LogP contribution in [0.1, 0.15) is 17.2 Å². The highest BCUT2D eigenvalue weighted by molar-refractivity contribution is 6.31. The maximum absolute atomic E-state index is 12.4. The van der Waals surface area contributed by atoms with Crippen molar-refractivity contribution in [3.05, 3.63) is 117 Å². The number of hydrogen-bond donors (Lipinski definition) is 1. The Morgan fingerprint density at radius 3 is 2.32 bits per heavy atom. The van der Waals surface area contributed by atoms with Crippen molar-refractivity contribution in [2.45, 2.75) is 6.04 Å². The first-order chi connectivity index (χ1) is 16.3. The van der Waals surface area contributed by atoms with E-state index in [1.807, 2.05) is 66.3 Å². The molecule has 0 amide bonds. The summed E-state index contributed by atoms with van der Waals surface area (Å²) in [6.45, 7) is 0. The molecule has 8 heteroatoms. The van der Waals surface area contributed by atoms with E-state index in [0.717, 1.165) is 27.6 Å². The average molecular weight is 492 g/mol. The first kappa shape index (κ1) is 23.7. The molecule has 6 nitrogen and oxygen atoms in total. The third-order valence-corrected chi connectivity index (χ3v) is 5.94. The first-order valence-corrected chi connectivity index (χ1v) is 11.3. The van der Waals surface area contributed by atoms with Gasteiger partial charge in [0.2, 0.25) is 0 Å². The smallest absolute Gasteiger partial charge is 0.252 e. The molecule has 3 aromatic heterocycles. The van der Waals surface area contributed by atoms with Gasteiger partial charge in [-0.1, -0.05) is 47.5 Å². The van der Waals surface area contributed by atoms with Crippen LogP contribution in [0.25, 0.3) is 22.2 Å². The summed E-state index contributed by atoms with van der Waals surface area (Å²) < 4.78 is 3.42. The Morgan fingerprint density at radius 2 is 1.71 bits per heavy atom. The van der Waals surface area contributed by atoms with Crippen molar-refractivity contribution in [3.8, 4) is 11.1 Å². The number of imidazole rings is 1. The number of hydrogen-bond acceptors (Lipinski definition) is 4. The fourth-order valence-electron chi connectivity index (χ4n) is 3.59. The molecule has 1 atom stereocenters. The van der Waals surface area contributed by atoms with E-state index < -0.39 is 0 Å². The number of benzene rings is 2. The van der Waals surface area contributed by atoms with E-state index in [9.17, 15) is 4.79 Å². The lowest BCUT2D eigenvalue weighted by Gasteiger charge is -2.16. The van der Waals surface area contributed by atoms with Crippen molar-refractivity contribution in [2.75, 3.05) is 0 Å². The van der Waals surface area contributed by atoms with Crippen LogP contribution < -0.4 is 11.3 Å². The van der Waals surface area contributed by atoms with Crippen LogP contribution in [-0.2, 0) is 14.1 Å². The van der Waals surface area contributed by atoms with Gasteiger partial charge in [-0.15, -0.1) is 0 Å². The number of halogens is 2. The van der Waals surface area contributed by atoms with Gasteiger partial charge in [-0.25, -0.2) is 9.97 Å². The second-order valence-corrected chi connectivity index (χ2v) is 8.74. The van der Waals surface area contributed by atoms with Crippen LogP contribution in [0.2, 0.25) is 10.0 Å². The lowest BCUT2D eigenvalue weighted by atomic mass is 9.97. The fraction of sp³-hybridized carbons (Fsp3) is 0.115. The van der Waals surface area contributed by atoms with Gasteiger partial charge in [0.1, 0.15) is 5.65 Å². The molecule has 2 aromatic carbocycles. The molecule has 3 heterocycles. The van der Waals surface area contributed by atoms with Crippen molar-refractivity contribution >= 4 is 34.2 Å². The van der Waals surface area contributed by atoms with E-state index in [1.165, 1.54) is 4.57 Å². The molecule has 0 radical (unpaired) electrons. The van der Waals surface area contributed by atoms with Gasteiger partial charge in [-0.2, -0.15) is 0 Å². The molecule has 2 N–H and O–H groups in total. The van der Waals surface area contributed by atoms with E-state index in [0.29, 0.717) is 15.7 Å². The Labute approximate surface area is 207 Å². The van der Waals surface area contributed by atoms with Crippen LogP contribution in [0.15, 0.2) is 90.4 Å². The Kier molecular flexibility index (Phi) is 7.12. The van der Waals surface area contributed by atoms with E-state index in [2.05, 4.69) is 9.97 Å². The number of aryl methyl sites for hydroxylation is 2. The van der Waals surface area contributed by atoms with Crippen molar-refractivity contribution < 1.29 is 0 Å². The molecule has 0 aliphatic rings. The van der Waals surface area contributed by atoms with Gasteiger partial charge in [0.05, 0.1) is 12.4 Å². The Hall–Kier alpha value is -3.45. The largest absolute Gasteiger partial charge is 0.341 e. The van der Waals surface area contributed by atoms with Gasteiger partial charge in [0.25, 0.3) is 5.56 Å². The molecule has 1 unspecified atom stereocenters. The third-order valence-electron chi connectivity index (χ3n) is 5.45. The minimum atomic E-state index is -0.362. The monoisotopic (exact) mass is 491 g/mol. The summed E-state index contributed by atoms with van der Waals surface area (Å²) in [5, 5.41) is 2.10. The van der Waals surface area contributed by atoms with Crippen molar-refractivity contribution in [1.82, 2.24) is 19.1 Å². The Bertz CT molecular complexity index is 1480. The standard InChI is InChI=1S/C22H17Cl2N3O.C4H6N2/c1-27-20(28)11-18(14-3-2-4-17(24)9-14)19-10-15(12-26-22(19)27)21(25)13-5-7-16(23)8-6-13;1-6-3-2-5-4-6/h2-12,21H,25H2,1H3;2-4H,1H3. The highest BCUT2D eigenvalue weighted by atomic mass is 35.5. The maximum Gasteiger partial charge on any atom is 0.252 e. The number of pyridine rings is 2. The summed E-state index contributed by atoms with van der Waals surface area (Å²) in [5.74, 6) is 0. The summed E-state index contributed by atoms with van der Waals surface area (Å²) in [6.07, 6.45) is 7.10. The summed E-state index contributed by atoms with van der Waals surface area (Å²) in [5.41, 5.74) is 10.3. The minimum Gasteiger partial charge on any atom is -0.341 e. The van der Waals surface area contributed by atoms with Gasteiger partial charge >= 0.3 is 0 Å². The summed E-state index contributed by atoms with van der Waals surface area (Å²) in [4.78, 5) is 20.8. The van der Waals surface area contributed by atoms with Crippen LogP contribution in [0.3, 0.4) is 0 Å². The van der Waals surface area contributed by atoms with E-state index >= 15 is 0 Å². The lowest BCUT2D eigenvalue weighted by Crippen LogP contribution is -2.18. The van der Waals surface area contributed by atoms with Crippen LogP contribution in [0.5, 0.6) is 0 Å². The zero-order chi connectivity index (χ0) is 24.2. The molecule has 0 bridgehead atoms. The molecule has 172 valence electrons. The zero-order valence-electron chi connectivity index (χ0n) is 18.7. The molecular formula is C26H23Cl2N5O. The second kappa shape index (κ2) is 10.2. The molecule has 0 saturated carbocycles. The zero-order valence-corrected chi connectivity index (χ0v) is 20.2. The number of rotatable bonds is 3. The molecule has 0 aliphatic carbocycles. The third kappa shape index (κ3) is 5.20. The molecule has 5 rings (SSSR count). The Balaban J connectivity index is 0.000000398. The fourth-order valence-corrected chi connectivity index (χ4v) is 3.91. The number of nitrogens with two attached hydrogens (primary N) is 1. The van der Waals surface area contributed by atoms with Gasteiger partial charge in [0.15, 0.2) is 0 Å². The van der Waals surface area contributed by atoms with Gasteiger partial charge < -0.3 is 10.3 Å². The highest BCUT2D eigenvalue weighted by Crippen LogP contribution is 2.30. The first-order valence-electron chi connectivity index (χ1n) is 10.5. The van der Waals surface area contributed by atoms with E-state index in [1.54, 1.807) is 37.9 Å². The van der Waals surface area contributed by atoms with E-state index in [4.69, 9.17) is 28.9 Å². The summed E-state index contributed by atoms with van der Waals surface area (Å²) >= 11 is 12.1. The molecule has 0 spiro atoms. The lowest BCUT2D eigenvalue weighted by molar-refractivity contribution is 0.854. The number of aromatic nitrogens is 4. The SMILES string of the molecule is Cn1c(=O)cc(-c2cccc(Cl)c2)c2cc(C(N)c3ccc(Cl)cc3)cnc21.Cn1ccnc1. The number of nitrogens with zero attached hydrogens (tertiary/aromatic N) is 4. The predicted octanol–water partition coefficient (Wildman–Crippen LogP) is 5.38. The van der Waals surface area contributed by atoms with Crippen LogP contribution in [0, 0.1) is 0 Å². The molecule has 0 saturated heterocycles. The predicted molar refractivity (Wildman–Crippen MR) is 138 cm³/mol. The highest BCUT2D eigenvalue weighted by Gasteiger charge is 2.15. The average Bonchev–Trinajstić information content (AvgIpc) is 3.32. The van der Waals surface area contributed by atoms with Gasteiger partial charge in [-0.05, 0) is 52.6 Å². The van der Waals surface area contributed by atoms with Crippen molar-refractivity contribution in [3.63, 3.8) is 0 Å². The molecule has 34 heavy (non-hydrogen) atoms. The van der Waals surface area contributed by atoms with Crippen LogP contribution in [-0.4, -0.2) is 19.1 Å². The molecular weight excluding hydrogens is 469 g/mol. The maximum atomic E-state index is 12.4. The second-order valence-electron chi connectivity index (χ2n) is 7.86. The quantitative estimate of drug-likeness (QED) is 0.367. The molecule has 0 aliphatic heterocycles. The summed E-state index contributed by atoms with van der Waals surface area (Å²) in [6, 6.07) is 18.1. The topological polar surface area (TPSA) is 78.7 Å². The van der Waals surface area contributed by atoms with Crippen molar-refractivity contribution in [2.24, 2.45) is 19.8 Å². The van der Waals surface area contributed by atoms with E-state index in [-0.39, 0.29) is 11.6 Å². The van der Waals surface area contributed by atoms with Crippen LogP contribution in [0.4, 0.5) is 0 Å². The van der Waals surface area contributed by atoms with Crippen LogP contribution >= 0.6 is 23.2 Å². The van der Waals surface area contributed by atoms with Gasteiger partial charge in [-0.3, -0.25) is 9.36 Å². The van der Waals surface area contributed by atoms with Gasteiger partial charge in [0, 0.05) is 54.2 Å². The van der Waals surface area contributed by atoms with Crippen molar-refractivity contribution in [1.29, 1.82) is 0 Å². The minimum absolute atomic E-state index is 0.135. The molecule has 0 fully saturated rings.